The first-order chi connectivity index (χ1) is 16.0. The molecule has 1 aliphatic rings. The van der Waals surface area contributed by atoms with Crippen LogP contribution in [0.5, 0.6) is 0 Å². The number of nitrogens with zero attached hydrogens (tertiary/aromatic N) is 2. The van der Waals surface area contributed by atoms with Gasteiger partial charge in [0.05, 0.1) is 11.4 Å². The predicted molar refractivity (Wildman–Crippen MR) is 145 cm³/mol. The first-order valence-electron chi connectivity index (χ1n) is 11.7. The molecule has 0 aromatic heterocycles. The van der Waals surface area contributed by atoms with Crippen molar-refractivity contribution in [2.75, 3.05) is 9.80 Å². The van der Waals surface area contributed by atoms with E-state index in [0.717, 1.165) is 0 Å². The lowest BCUT2D eigenvalue weighted by molar-refractivity contribution is 0.514. The van der Waals surface area contributed by atoms with Crippen LogP contribution in [0.3, 0.4) is 0 Å². The van der Waals surface area contributed by atoms with Crippen LogP contribution in [0, 0.1) is 0 Å². The maximum atomic E-state index is 2.49. The van der Waals surface area contributed by atoms with E-state index in [1.807, 2.05) is 0 Å². The van der Waals surface area contributed by atoms with Gasteiger partial charge in [-0.05, 0) is 71.4 Å². The SMILES string of the molecule is C/C=C\C=C(/C)N1c2ccccc2N(/C(C)=C/C=C\C)C1(/C(C)=C/C=C\C)c1ccccc1. The second-order valence-corrected chi connectivity index (χ2v) is 8.24. The molecule has 0 bridgehead atoms. The normalized spacial score (nSPS) is 20.0. The third kappa shape index (κ3) is 4.39. The highest BCUT2D eigenvalue weighted by Gasteiger charge is 2.53. The van der Waals surface area contributed by atoms with E-state index in [4.69, 9.17) is 0 Å². The molecule has 3 rings (SSSR count). The summed E-state index contributed by atoms with van der Waals surface area (Å²) in [6.45, 7) is 12.8. The minimum Gasteiger partial charge on any atom is -0.312 e. The Balaban J connectivity index is 2.51. The van der Waals surface area contributed by atoms with Gasteiger partial charge < -0.3 is 9.80 Å². The Kier molecular flexibility index (Phi) is 7.95. The number of allylic oxidation sites excluding steroid dienone is 11. The number of fused-ring (bicyclic) bond motifs is 1. The fraction of sp³-hybridized carbons (Fsp3) is 0.226. The summed E-state index contributed by atoms with van der Waals surface area (Å²) in [5.41, 5.74) is 6.67. The van der Waals surface area contributed by atoms with Gasteiger partial charge in [-0.15, -0.1) is 0 Å². The molecule has 2 aromatic rings. The molecule has 0 spiro atoms. The molecule has 0 unspecified atom stereocenters. The van der Waals surface area contributed by atoms with Crippen LogP contribution < -0.4 is 9.80 Å². The molecule has 0 radical (unpaired) electrons. The van der Waals surface area contributed by atoms with E-state index in [-0.39, 0.29) is 0 Å². The van der Waals surface area contributed by atoms with Crippen molar-refractivity contribution in [2.24, 2.45) is 0 Å². The highest BCUT2D eigenvalue weighted by molar-refractivity contribution is 5.86. The van der Waals surface area contributed by atoms with Crippen molar-refractivity contribution in [1.82, 2.24) is 0 Å². The average Bonchev–Trinajstić information content (AvgIpc) is 3.17. The van der Waals surface area contributed by atoms with Gasteiger partial charge >= 0.3 is 0 Å². The molecule has 2 aromatic carbocycles. The number of anilines is 2. The molecule has 0 N–H and O–H groups in total. The van der Waals surface area contributed by atoms with Crippen LogP contribution in [0.1, 0.15) is 47.1 Å². The lowest BCUT2D eigenvalue weighted by Gasteiger charge is -2.48. The van der Waals surface area contributed by atoms with Gasteiger partial charge in [-0.25, -0.2) is 0 Å². The van der Waals surface area contributed by atoms with Crippen LogP contribution in [-0.2, 0) is 5.66 Å². The van der Waals surface area contributed by atoms with Gasteiger partial charge in [0.15, 0.2) is 5.66 Å². The largest absolute Gasteiger partial charge is 0.312 e. The molecule has 2 nitrogen and oxygen atoms in total. The smallest absolute Gasteiger partial charge is 0.170 e. The van der Waals surface area contributed by atoms with Crippen molar-refractivity contribution in [3.63, 3.8) is 0 Å². The summed E-state index contributed by atoms with van der Waals surface area (Å²) in [7, 11) is 0. The Hall–Kier alpha value is -3.52. The molecule has 0 amide bonds. The quantitative estimate of drug-likeness (QED) is 0.401. The lowest BCUT2D eigenvalue weighted by Crippen LogP contribution is -2.54. The highest BCUT2D eigenvalue weighted by atomic mass is 15.5. The van der Waals surface area contributed by atoms with E-state index in [1.165, 1.54) is 33.9 Å². The summed E-state index contributed by atoms with van der Waals surface area (Å²) in [6.07, 6.45) is 19.2. The summed E-state index contributed by atoms with van der Waals surface area (Å²) in [4.78, 5) is 4.97. The van der Waals surface area contributed by atoms with Gasteiger partial charge in [-0.1, -0.05) is 85.0 Å². The molecule has 1 heterocycles. The van der Waals surface area contributed by atoms with Crippen LogP contribution in [0.25, 0.3) is 0 Å². The Bertz CT molecular complexity index is 1070. The zero-order valence-electron chi connectivity index (χ0n) is 20.8. The number of hydrogen-bond donors (Lipinski definition) is 0. The first kappa shape index (κ1) is 24.1. The number of para-hydroxylation sites is 2. The number of rotatable bonds is 7. The first-order valence-corrected chi connectivity index (χ1v) is 11.7. The highest BCUT2D eigenvalue weighted by Crippen LogP contribution is 2.56. The Morgan fingerprint density at radius 3 is 1.48 bits per heavy atom. The zero-order chi connectivity index (χ0) is 23.8. The van der Waals surface area contributed by atoms with E-state index in [2.05, 4.69) is 161 Å². The van der Waals surface area contributed by atoms with Crippen LogP contribution in [-0.4, -0.2) is 0 Å². The van der Waals surface area contributed by atoms with E-state index in [0.29, 0.717) is 0 Å². The molecule has 33 heavy (non-hydrogen) atoms. The van der Waals surface area contributed by atoms with Crippen molar-refractivity contribution >= 4 is 11.4 Å². The van der Waals surface area contributed by atoms with E-state index in [9.17, 15) is 0 Å². The maximum absolute atomic E-state index is 2.49. The molecule has 0 atom stereocenters. The molecule has 0 saturated heterocycles. The van der Waals surface area contributed by atoms with Gasteiger partial charge in [0.2, 0.25) is 0 Å². The molecular formula is C31H36N2. The van der Waals surface area contributed by atoms with E-state index >= 15 is 0 Å². The molecule has 0 aliphatic carbocycles. The van der Waals surface area contributed by atoms with Crippen molar-refractivity contribution < 1.29 is 0 Å². The molecule has 1 aliphatic heterocycles. The predicted octanol–water partition coefficient (Wildman–Crippen LogP) is 8.65. The number of hydrogen-bond acceptors (Lipinski definition) is 2. The molecule has 0 fully saturated rings. The third-order valence-corrected chi connectivity index (χ3v) is 6.04. The Morgan fingerprint density at radius 2 is 1.03 bits per heavy atom. The fourth-order valence-electron chi connectivity index (χ4n) is 4.67. The van der Waals surface area contributed by atoms with Crippen LogP contribution in [0.2, 0.25) is 0 Å². The van der Waals surface area contributed by atoms with Gasteiger partial charge in [0.25, 0.3) is 0 Å². The van der Waals surface area contributed by atoms with Crippen molar-refractivity contribution in [3.8, 4) is 0 Å². The minimum atomic E-state index is -0.547. The van der Waals surface area contributed by atoms with Crippen molar-refractivity contribution in [2.45, 2.75) is 47.2 Å². The van der Waals surface area contributed by atoms with Crippen LogP contribution in [0.4, 0.5) is 11.4 Å². The standard InChI is InChI=1S/C31H36N2/c1-7-10-18-25(4)31(28-21-14-13-15-22-28)32(26(5)19-11-8-2)29-23-16-17-24-30(29)33(31)27(6)20-12-9-3/h7-24H,1-6H3/b10-7-,11-8-,12-9-,25-18+,26-19+,27-20+. The van der Waals surface area contributed by atoms with E-state index < -0.39 is 5.66 Å². The monoisotopic (exact) mass is 436 g/mol. The second-order valence-electron chi connectivity index (χ2n) is 8.24. The van der Waals surface area contributed by atoms with Crippen LogP contribution in [0.15, 0.2) is 126 Å². The average molecular weight is 437 g/mol. The molecule has 0 saturated carbocycles. The fourth-order valence-corrected chi connectivity index (χ4v) is 4.67. The summed E-state index contributed by atoms with van der Waals surface area (Å²) in [5, 5.41) is 0. The molecule has 2 heteroatoms. The number of benzene rings is 2. The topological polar surface area (TPSA) is 6.48 Å². The maximum Gasteiger partial charge on any atom is 0.170 e. The summed E-state index contributed by atoms with van der Waals surface area (Å²) in [5.74, 6) is 0. The molecular weight excluding hydrogens is 400 g/mol. The third-order valence-electron chi connectivity index (χ3n) is 6.04. The second kappa shape index (κ2) is 10.9. The van der Waals surface area contributed by atoms with Crippen molar-refractivity contribution in [3.05, 3.63) is 132 Å². The zero-order valence-corrected chi connectivity index (χ0v) is 20.8. The van der Waals surface area contributed by atoms with Gasteiger partial charge in [-0.2, -0.15) is 0 Å². The van der Waals surface area contributed by atoms with E-state index in [1.54, 1.807) is 0 Å². The summed E-state index contributed by atoms with van der Waals surface area (Å²) in [6, 6.07) is 19.6. The summed E-state index contributed by atoms with van der Waals surface area (Å²) < 4.78 is 0. The van der Waals surface area contributed by atoms with Gasteiger partial charge in [0.1, 0.15) is 0 Å². The summed E-state index contributed by atoms with van der Waals surface area (Å²) >= 11 is 0. The van der Waals surface area contributed by atoms with Crippen LogP contribution >= 0.6 is 0 Å². The minimum absolute atomic E-state index is 0.547. The van der Waals surface area contributed by atoms with Gasteiger partial charge in [0, 0.05) is 17.0 Å². The van der Waals surface area contributed by atoms with Gasteiger partial charge in [-0.3, -0.25) is 0 Å². The Morgan fingerprint density at radius 1 is 0.606 bits per heavy atom. The lowest BCUT2D eigenvalue weighted by atomic mass is 9.87. The van der Waals surface area contributed by atoms with Crippen molar-refractivity contribution in [1.29, 1.82) is 0 Å². The molecule has 170 valence electrons. The Labute approximate surface area is 200 Å².